The third-order valence-electron chi connectivity index (χ3n) is 2.73. The number of H-pyrrole nitrogens is 1. The lowest BCUT2D eigenvalue weighted by molar-refractivity contribution is 0.0597. The molecule has 0 radical (unpaired) electrons. The minimum absolute atomic E-state index is 0.143. The second-order valence-corrected chi connectivity index (χ2v) is 5.06. The molecule has 0 unspecified atom stereocenters. The van der Waals surface area contributed by atoms with Crippen LogP contribution >= 0.6 is 11.3 Å². The highest BCUT2D eigenvalue weighted by molar-refractivity contribution is 7.09. The molecule has 2 aromatic rings. The quantitative estimate of drug-likeness (QED) is 0.835. The van der Waals surface area contributed by atoms with Gasteiger partial charge in [0.05, 0.1) is 19.1 Å². The lowest BCUT2D eigenvalue weighted by Gasteiger charge is -2.08. The first-order valence-corrected chi connectivity index (χ1v) is 6.53. The Morgan fingerprint density at radius 2 is 2.15 bits per heavy atom. The minimum Gasteiger partial charge on any atom is -0.496 e. The van der Waals surface area contributed by atoms with Crippen molar-refractivity contribution in [3.8, 4) is 11.6 Å². The zero-order valence-electron chi connectivity index (χ0n) is 10.9. The molecule has 1 aromatic carbocycles. The number of esters is 1. The van der Waals surface area contributed by atoms with E-state index in [9.17, 15) is 14.7 Å². The van der Waals surface area contributed by atoms with Gasteiger partial charge >= 0.3 is 10.8 Å². The summed E-state index contributed by atoms with van der Waals surface area (Å²) in [5.41, 5.74) is 1.06. The number of hydrogen-bond acceptors (Lipinski definition) is 6. The molecule has 0 atom stereocenters. The molecule has 20 heavy (non-hydrogen) atoms. The fourth-order valence-corrected chi connectivity index (χ4v) is 2.55. The van der Waals surface area contributed by atoms with E-state index in [1.165, 1.54) is 14.2 Å². The molecule has 0 saturated heterocycles. The van der Waals surface area contributed by atoms with E-state index in [4.69, 9.17) is 4.74 Å². The van der Waals surface area contributed by atoms with Gasteiger partial charge in [-0.25, -0.2) is 4.79 Å². The Bertz CT molecular complexity index is 688. The molecular formula is C13H13NO5S. The topological polar surface area (TPSA) is 88.6 Å². The summed E-state index contributed by atoms with van der Waals surface area (Å²) in [5.74, 6) is -0.238. The number of carbonyl (C=O) groups is 1. The minimum atomic E-state index is -0.504. The van der Waals surface area contributed by atoms with Crippen molar-refractivity contribution in [2.24, 2.45) is 0 Å². The van der Waals surface area contributed by atoms with Crippen LogP contribution in [-0.2, 0) is 11.2 Å². The number of aromatic hydroxyl groups is 1. The molecular weight excluding hydrogens is 282 g/mol. The van der Waals surface area contributed by atoms with E-state index in [0.717, 1.165) is 16.9 Å². The Balaban J connectivity index is 2.36. The van der Waals surface area contributed by atoms with Gasteiger partial charge in [0.2, 0.25) is 5.88 Å². The van der Waals surface area contributed by atoms with Gasteiger partial charge < -0.3 is 14.6 Å². The first-order chi connectivity index (χ1) is 9.55. The van der Waals surface area contributed by atoms with Crippen LogP contribution in [0.2, 0.25) is 0 Å². The van der Waals surface area contributed by atoms with Gasteiger partial charge in [0.25, 0.3) is 0 Å². The van der Waals surface area contributed by atoms with Gasteiger partial charge in [0.15, 0.2) is 0 Å². The summed E-state index contributed by atoms with van der Waals surface area (Å²) in [7, 11) is 2.75. The van der Waals surface area contributed by atoms with Crippen molar-refractivity contribution in [3.05, 3.63) is 43.9 Å². The number of carbonyl (C=O) groups excluding carboxylic acids is 1. The molecule has 0 aliphatic heterocycles. The Labute approximate surface area is 118 Å². The van der Waals surface area contributed by atoms with E-state index in [1.807, 2.05) is 0 Å². The molecule has 0 spiro atoms. The number of aromatic amines is 1. The number of benzene rings is 1. The average Bonchev–Trinajstić information content (AvgIpc) is 2.76. The maximum atomic E-state index is 11.7. The zero-order chi connectivity index (χ0) is 14.7. The molecule has 2 rings (SSSR count). The van der Waals surface area contributed by atoms with Crippen molar-refractivity contribution in [2.75, 3.05) is 14.2 Å². The van der Waals surface area contributed by atoms with E-state index >= 15 is 0 Å². The van der Waals surface area contributed by atoms with Gasteiger partial charge in [0, 0.05) is 6.42 Å². The van der Waals surface area contributed by atoms with Crippen molar-refractivity contribution < 1.29 is 19.4 Å². The SMILES string of the molecule is COC(=O)c1cc(Cc2sc(=O)[nH]c2O)ccc1OC. The Hall–Kier alpha value is -2.28. The second-order valence-electron chi connectivity index (χ2n) is 3.99. The Kier molecular flexibility index (Phi) is 4.09. The second kappa shape index (κ2) is 5.79. The average molecular weight is 295 g/mol. The third kappa shape index (κ3) is 2.83. The van der Waals surface area contributed by atoms with Crippen molar-refractivity contribution >= 4 is 17.3 Å². The van der Waals surface area contributed by atoms with E-state index in [0.29, 0.717) is 22.6 Å². The summed E-state index contributed by atoms with van der Waals surface area (Å²) in [6, 6.07) is 5.03. The molecule has 6 nitrogen and oxygen atoms in total. The Morgan fingerprint density at radius 1 is 1.40 bits per heavy atom. The van der Waals surface area contributed by atoms with Crippen LogP contribution in [-0.4, -0.2) is 30.3 Å². The molecule has 1 heterocycles. The largest absolute Gasteiger partial charge is 0.496 e. The predicted octanol–water partition coefficient (Wildman–Crippen LogP) is 1.53. The van der Waals surface area contributed by atoms with Crippen LogP contribution in [0.3, 0.4) is 0 Å². The number of ether oxygens (including phenoxy) is 2. The van der Waals surface area contributed by atoms with Gasteiger partial charge in [-0.05, 0) is 17.7 Å². The third-order valence-corrected chi connectivity index (χ3v) is 3.61. The maximum absolute atomic E-state index is 11.7. The fourth-order valence-electron chi connectivity index (χ4n) is 1.79. The summed E-state index contributed by atoms with van der Waals surface area (Å²) < 4.78 is 9.79. The smallest absolute Gasteiger partial charge is 0.341 e. The van der Waals surface area contributed by atoms with Crippen LogP contribution in [0, 0.1) is 0 Å². The van der Waals surface area contributed by atoms with Crippen LogP contribution in [0.15, 0.2) is 23.0 Å². The standard InChI is InChI=1S/C13H13NO5S/c1-18-9-4-3-7(5-8(9)12(16)19-2)6-10-11(15)14-13(17)20-10/h3-5,15H,6H2,1-2H3,(H,14,17). The molecule has 0 amide bonds. The zero-order valence-corrected chi connectivity index (χ0v) is 11.7. The first kappa shape index (κ1) is 14.1. The number of aromatic nitrogens is 1. The lowest BCUT2D eigenvalue weighted by atomic mass is 10.1. The van der Waals surface area contributed by atoms with Crippen molar-refractivity contribution in [2.45, 2.75) is 6.42 Å². The number of methoxy groups -OCH3 is 2. The number of nitrogens with one attached hydrogen (secondary N) is 1. The van der Waals surface area contributed by atoms with Crippen LogP contribution < -0.4 is 9.61 Å². The van der Waals surface area contributed by atoms with E-state index in [1.54, 1.807) is 18.2 Å². The van der Waals surface area contributed by atoms with Gasteiger partial charge in [-0.3, -0.25) is 9.78 Å². The van der Waals surface area contributed by atoms with Crippen LogP contribution in [0.4, 0.5) is 0 Å². The van der Waals surface area contributed by atoms with E-state index in [2.05, 4.69) is 9.72 Å². The summed E-state index contributed by atoms with van der Waals surface area (Å²) in [6.07, 6.45) is 0.337. The molecule has 0 aliphatic rings. The predicted molar refractivity (Wildman–Crippen MR) is 73.7 cm³/mol. The summed E-state index contributed by atoms with van der Waals surface area (Å²) in [4.78, 5) is 25.3. The highest BCUT2D eigenvalue weighted by atomic mass is 32.1. The summed E-state index contributed by atoms with van der Waals surface area (Å²) in [5, 5.41) is 9.56. The van der Waals surface area contributed by atoms with Crippen LogP contribution in [0.5, 0.6) is 11.6 Å². The van der Waals surface area contributed by atoms with Crippen molar-refractivity contribution in [3.63, 3.8) is 0 Å². The molecule has 0 bridgehead atoms. The molecule has 106 valence electrons. The molecule has 1 aromatic heterocycles. The van der Waals surface area contributed by atoms with Gasteiger partial charge in [-0.2, -0.15) is 0 Å². The highest BCUT2D eigenvalue weighted by Crippen LogP contribution is 2.25. The van der Waals surface area contributed by atoms with E-state index in [-0.39, 0.29) is 10.8 Å². The summed E-state index contributed by atoms with van der Waals surface area (Å²) >= 11 is 0.931. The van der Waals surface area contributed by atoms with Crippen molar-refractivity contribution in [1.29, 1.82) is 0 Å². The Morgan fingerprint density at radius 3 is 2.70 bits per heavy atom. The molecule has 0 fully saturated rings. The van der Waals surface area contributed by atoms with E-state index < -0.39 is 5.97 Å². The number of rotatable bonds is 4. The fraction of sp³-hybridized carbons (Fsp3) is 0.231. The molecule has 0 saturated carbocycles. The number of thiazole rings is 1. The van der Waals surface area contributed by atoms with Gasteiger partial charge in [-0.15, -0.1) is 0 Å². The van der Waals surface area contributed by atoms with Gasteiger partial charge in [0.1, 0.15) is 11.3 Å². The molecule has 2 N–H and O–H groups in total. The summed E-state index contributed by atoms with van der Waals surface area (Å²) in [6.45, 7) is 0. The van der Waals surface area contributed by atoms with Crippen LogP contribution in [0.25, 0.3) is 0 Å². The highest BCUT2D eigenvalue weighted by Gasteiger charge is 2.15. The van der Waals surface area contributed by atoms with Crippen LogP contribution in [0.1, 0.15) is 20.8 Å². The monoisotopic (exact) mass is 295 g/mol. The first-order valence-electron chi connectivity index (χ1n) is 5.71. The normalized spacial score (nSPS) is 10.3. The number of hydrogen-bond donors (Lipinski definition) is 2. The lowest BCUT2D eigenvalue weighted by Crippen LogP contribution is -2.05. The van der Waals surface area contributed by atoms with Gasteiger partial charge in [-0.1, -0.05) is 17.4 Å². The maximum Gasteiger partial charge on any atom is 0.341 e. The molecule has 0 aliphatic carbocycles. The molecule has 7 heteroatoms. The van der Waals surface area contributed by atoms with Crippen molar-refractivity contribution in [1.82, 2.24) is 4.98 Å².